The second kappa shape index (κ2) is 6.77. The van der Waals surface area contributed by atoms with Gasteiger partial charge in [-0.2, -0.15) is 4.39 Å². The Labute approximate surface area is 129 Å². The van der Waals surface area contributed by atoms with Crippen molar-refractivity contribution in [2.24, 2.45) is 0 Å². The number of rotatable bonds is 5. The number of carboxylic acid groups (broad SMARTS) is 1. The lowest BCUT2D eigenvalue weighted by Crippen LogP contribution is -2.29. The van der Waals surface area contributed by atoms with Crippen LogP contribution in [0.2, 0.25) is 0 Å². The zero-order valence-corrected chi connectivity index (χ0v) is 12.4. The van der Waals surface area contributed by atoms with E-state index in [9.17, 15) is 14.0 Å². The number of carboxylic acids is 1. The van der Waals surface area contributed by atoms with Gasteiger partial charge in [0.05, 0.1) is 4.91 Å². The van der Waals surface area contributed by atoms with Gasteiger partial charge in [0.1, 0.15) is 4.32 Å². The second-order valence-electron chi connectivity index (χ2n) is 4.21. The Balaban J connectivity index is 2.11. The molecule has 1 aromatic rings. The average Bonchev–Trinajstić information content (AvgIpc) is 2.68. The van der Waals surface area contributed by atoms with Crippen LogP contribution in [0.1, 0.15) is 18.4 Å². The lowest BCUT2D eigenvalue weighted by Gasteiger charge is -2.13. The summed E-state index contributed by atoms with van der Waals surface area (Å²) in [5.74, 6) is -1.92. The fraction of sp³-hybridized carbons (Fsp3) is 0.231. The van der Waals surface area contributed by atoms with Crippen LogP contribution >= 0.6 is 24.0 Å². The normalized spacial score (nSPS) is 16.8. The molecule has 1 aromatic heterocycles. The summed E-state index contributed by atoms with van der Waals surface area (Å²) in [7, 11) is 0. The molecule has 0 atom stereocenters. The van der Waals surface area contributed by atoms with Gasteiger partial charge < -0.3 is 5.11 Å². The van der Waals surface area contributed by atoms with Crippen LogP contribution in [0.25, 0.3) is 6.08 Å². The number of thiocarbonyl (C=S) groups is 1. The van der Waals surface area contributed by atoms with Gasteiger partial charge in [-0.05, 0) is 24.6 Å². The van der Waals surface area contributed by atoms with Crippen LogP contribution in [0.15, 0.2) is 23.2 Å². The van der Waals surface area contributed by atoms with E-state index in [1.54, 1.807) is 6.07 Å². The van der Waals surface area contributed by atoms with E-state index in [1.165, 1.54) is 23.2 Å². The third kappa shape index (κ3) is 3.85. The summed E-state index contributed by atoms with van der Waals surface area (Å²) in [6, 6.07) is 3.09. The lowest BCUT2D eigenvalue weighted by atomic mass is 10.2. The smallest absolute Gasteiger partial charge is 0.303 e. The van der Waals surface area contributed by atoms with E-state index in [4.69, 9.17) is 17.3 Å². The maximum atomic E-state index is 13.5. The molecule has 110 valence electrons. The van der Waals surface area contributed by atoms with Crippen LogP contribution < -0.4 is 0 Å². The minimum atomic E-state index is -0.923. The number of halogens is 1. The SMILES string of the molecule is O=C(O)CCCN1C(=O)C(=Cc2cccnc2F)SC1=S. The molecular formula is C13H11FN2O3S2. The van der Waals surface area contributed by atoms with Gasteiger partial charge >= 0.3 is 5.97 Å². The number of aliphatic carboxylic acids is 1. The van der Waals surface area contributed by atoms with Crippen molar-refractivity contribution in [1.29, 1.82) is 0 Å². The first-order valence-electron chi connectivity index (χ1n) is 6.06. The number of amides is 1. The van der Waals surface area contributed by atoms with Crippen molar-refractivity contribution in [3.05, 3.63) is 34.7 Å². The van der Waals surface area contributed by atoms with Crippen LogP contribution in [0.4, 0.5) is 4.39 Å². The highest BCUT2D eigenvalue weighted by molar-refractivity contribution is 8.26. The van der Waals surface area contributed by atoms with Crippen LogP contribution in [-0.2, 0) is 9.59 Å². The molecular weight excluding hydrogens is 315 g/mol. The average molecular weight is 326 g/mol. The largest absolute Gasteiger partial charge is 0.481 e. The number of carbonyl (C=O) groups is 2. The van der Waals surface area contributed by atoms with Crippen LogP contribution in [0.3, 0.4) is 0 Å². The Morgan fingerprint density at radius 1 is 1.57 bits per heavy atom. The monoisotopic (exact) mass is 326 g/mol. The summed E-state index contributed by atoms with van der Waals surface area (Å²) in [6.45, 7) is 0.240. The number of aromatic nitrogens is 1. The van der Waals surface area contributed by atoms with E-state index >= 15 is 0 Å². The maximum Gasteiger partial charge on any atom is 0.303 e. The summed E-state index contributed by atoms with van der Waals surface area (Å²) in [5.41, 5.74) is 0.212. The number of thioether (sulfide) groups is 1. The van der Waals surface area contributed by atoms with E-state index < -0.39 is 11.9 Å². The predicted octanol–water partition coefficient (Wildman–Crippen LogP) is 2.29. The molecule has 0 aromatic carbocycles. The Hall–Kier alpha value is -1.80. The van der Waals surface area contributed by atoms with Crippen LogP contribution in [-0.4, -0.2) is 37.7 Å². The van der Waals surface area contributed by atoms with E-state index in [0.717, 1.165) is 11.8 Å². The third-order valence-corrected chi connectivity index (χ3v) is 4.10. The first-order chi connectivity index (χ1) is 9.99. The van der Waals surface area contributed by atoms with Crippen molar-refractivity contribution in [3.63, 3.8) is 0 Å². The molecule has 1 aliphatic rings. The standard InChI is InChI=1S/C13H11FN2O3S2/c14-11-8(3-1-5-15-11)7-9-12(19)16(13(20)21-9)6-2-4-10(17)18/h1,3,5,7H,2,4,6H2,(H,17,18). The number of nitrogens with zero attached hydrogens (tertiary/aromatic N) is 2. The zero-order chi connectivity index (χ0) is 15.4. The molecule has 1 saturated heterocycles. The van der Waals surface area contributed by atoms with Crippen molar-refractivity contribution in [1.82, 2.24) is 9.88 Å². The molecule has 1 fully saturated rings. The molecule has 2 rings (SSSR count). The number of hydrogen-bond donors (Lipinski definition) is 1. The lowest BCUT2D eigenvalue weighted by molar-refractivity contribution is -0.137. The number of hydrogen-bond acceptors (Lipinski definition) is 5. The highest BCUT2D eigenvalue weighted by atomic mass is 32.2. The molecule has 1 N–H and O–H groups in total. The summed E-state index contributed by atoms with van der Waals surface area (Å²) in [6.07, 6.45) is 3.01. The van der Waals surface area contributed by atoms with Gasteiger partial charge in [-0.1, -0.05) is 24.0 Å². The molecule has 8 heteroatoms. The van der Waals surface area contributed by atoms with E-state index in [2.05, 4.69) is 4.98 Å². The summed E-state index contributed by atoms with van der Waals surface area (Å²) in [5, 5.41) is 8.60. The Morgan fingerprint density at radius 3 is 3.00 bits per heavy atom. The quantitative estimate of drug-likeness (QED) is 0.508. The van der Waals surface area contributed by atoms with Gasteiger partial charge in [0, 0.05) is 24.7 Å². The topological polar surface area (TPSA) is 70.5 Å². The van der Waals surface area contributed by atoms with Crippen LogP contribution in [0.5, 0.6) is 0 Å². The Bertz CT molecular complexity index is 634. The van der Waals surface area contributed by atoms with Crippen molar-refractivity contribution < 1.29 is 19.1 Å². The minimum Gasteiger partial charge on any atom is -0.481 e. The third-order valence-electron chi connectivity index (χ3n) is 2.72. The number of carbonyl (C=O) groups excluding carboxylic acids is 1. The highest BCUT2D eigenvalue weighted by Gasteiger charge is 2.31. The van der Waals surface area contributed by atoms with Gasteiger partial charge in [-0.25, -0.2) is 4.98 Å². The molecule has 2 heterocycles. The molecule has 1 amide bonds. The van der Waals surface area contributed by atoms with Crippen molar-refractivity contribution >= 4 is 46.3 Å². The highest BCUT2D eigenvalue weighted by Crippen LogP contribution is 2.32. The molecule has 0 bridgehead atoms. The van der Waals surface area contributed by atoms with Gasteiger partial charge in [0.2, 0.25) is 5.95 Å². The van der Waals surface area contributed by atoms with Gasteiger partial charge in [0.15, 0.2) is 0 Å². The van der Waals surface area contributed by atoms with E-state index in [0.29, 0.717) is 15.6 Å². The maximum absolute atomic E-state index is 13.5. The molecule has 0 aliphatic carbocycles. The molecule has 0 spiro atoms. The molecule has 1 aliphatic heterocycles. The summed E-state index contributed by atoms with van der Waals surface area (Å²) in [4.78, 5) is 27.8. The second-order valence-corrected chi connectivity index (χ2v) is 5.89. The van der Waals surface area contributed by atoms with Crippen molar-refractivity contribution in [2.45, 2.75) is 12.8 Å². The number of pyridine rings is 1. The first kappa shape index (κ1) is 15.6. The van der Waals surface area contributed by atoms with Crippen molar-refractivity contribution in [2.75, 3.05) is 6.54 Å². The zero-order valence-electron chi connectivity index (χ0n) is 10.8. The summed E-state index contributed by atoms with van der Waals surface area (Å²) >= 11 is 6.16. The van der Waals surface area contributed by atoms with Crippen LogP contribution in [0, 0.1) is 5.95 Å². The van der Waals surface area contributed by atoms with Crippen molar-refractivity contribution in [3.8, 4) is 0 Å². The Kier molecular flexibility index (Phi) is 5.03. The van der Waals surface area contributed by atoms with Gasteiger partial charge in [-0.15, -0.1) is 0 Å². The Morgan fingerprint density at radius 2 is 2.33 bits per heavy atom. The summed E-state index contributed by atoms with van der Waals surface area (Å²) < 4.78 is 13.8. The minimum absolute atomic E-state index is 0.0344. The fourth-order valence-corrected chi connectivity index (χ4v) is 3.03. The molecule has 5 nitrogen and oxygen atoms in total. The molecule has 0 radical (unpaired) electrons. The van der Waals surface area contributed by atoms with E-state index in [1.807, 2.05) is 0 Å². The predicted molar refractivity (Wildman–Crippen MR) is 80.9 cm³/mol. The molecule has 21 heavy (non-hydrogen) atoms. The fourth-order valence-electron chi connectivity index (χ4n) is 1.73. The van der Waals surface area contributed by atoms with Gasteiger partial charge in [0.25, 0.3) is 5.91 Å². The van der Waals surface area contributed by atoms with Gasteiger partial charge in [-0.3, -0.25) is 14.5 Å². The van der Waals surface area contributed by atoms with E-state index in [-0.39, 0.29) is 24.4 Å². The first-order valence-corrected chi connectivity index (χ1v) is 7.29. The molecule has 0 unspecified atom stereocenters. The molecule has 0 saturated carbocycles.